The van der Waals surface area contributed by atoms with Crippen molar-refractivity contribution in [2.24, 2.45) is 0 Å². The number of rotatable bonds is 4. The van der Waals surface area contributed by atoms with Crippen LogP contribution in [-0.4, -0.2) is 20.5 Å². The van der Waals surface area contributed by atoms with Crippen molar-refractivity contribution < 1.29 is 4.79 Å². The van der Waals surface area contributed by atoms with E-state index in [9.17, 15) is 4.79 Å². The first kappa shape index (κ1) is 12.5. The average Bonchev–Trinajstić information content (AvgIpc) is 2.86. The average molecular weight is 243 g/mol. The lowest BCUT2D eigenvalue weighted by Gasteiger charge is -2.06. The van der Waals surface area contributed by atoms with Gasteiger partial charge >= 0.3 is 0 Å². The molecule has 0 spiro atoms. The van der Waals surface area contributed by atoms with Gasteiger partial charge < -0.3 is 0 Å². The molecule has 0 atom stereocenters. The molecule has 18 heavy (non-hydrogen) atoms. The van der Waals surface area contributed by atoms with Crippen molar-refractivity contribution >= 4 is 5.78 Å². The molecule has 0 aliphatic heterocycles. The number of ketones is 1. The largest absolute Gasteiger partial charge is 0.285 e. The predicted molar refractivity (Wildman–Crippen MR) is 69.7 cm³/mol. The number of hydrogen-bond acceptors (Lipinski definition) is 3. The molecule has 4 nitrogen and oxygen atoms in total. The summed E-state index contributed by atoms with van der Waals surface area (Å²) < 4.78 is 1.61. The van der Waals surface area contributed by atoms with Gasteiger partial charge in [-0.05, 0) is 18.4 Å². The van der Waals surface area contributed by atoms with E-state index in [1.807, 2.05) is 31.2 Å². The van der Waals surface area contributed by atoms with Gasteiger partial charge in [-0.2, -0.15) is 5.10 Å². The predicted octanol–water partition coefficient (Wildman–Crippen LogP) is 2.65. The van der Waals surface area contributed by atoms with E-state index in [4.69, 9.17) is 0 Å². The summed E-state index contributed by atoms with van der Waals surface area (Å²) in [4.78, 5) is 16.3. The van der Waals surface area contributed by atoms with Crippen LogP contribution in [0.5, 0.6) is 0 Å². The molecule has 4 heteroatoms. The molecule has 0 aliphatic carbocycles. The van der Waals surface area contributed by atoms with Crippen molar-refractivity contribution in [2.75, 3.05) is 0 Å². The summed E-state index contributed by atoms with van der Waals surface area (Å²) in [6.45, 7) is 6.84. The van der Waals surface area contributed by atoms with Crippen LogP contribution in [0.1, 0.15) is 48.4 Å². The molecular weight excluding hydrogens is 226 g/mol. The van der Waals surface area contributed by atoms with Crippen molar-refractivity contribution in [1.29, 1.82) is 0 Å². The molecule has 1 aromatic heterocycles. The van der Waals surface area contributed by atoms with Crippen LogP contribution < -0.4 is 0 Å². The third-order valence-electron chi connectivity index (χ3n) is 2.96. The molecule has 1 heterocycles. The third kappa shape index (κ3) is 2.32. The van der Waals surface area contributed by atoms with E-state index in [0.717, 1.165) is 0 Å². The molecule has 0 radical (unpaired) electrons. The first-order valence-corrected chi connectivity index (χ1v) is 6.16. The highest BCUT2D eigenvalue weighted by atomic mass is 16.1. The summed E-state index contributed by atoms with van der Waals surface area (Å²) in [7, 11) is 0. The Bertz CT molecular complexity index is 540. The second-order valence-corrected chi connectivity index (χ2v) is 4.51. The van der Waals surface area contributed by atoms with E-state index in [0.29, 0.717) is 23.9 Å². The number of carbonyl (C=O) groups is 1. The van der Waals surface area contributed by atoms with Crippen LogP contribution in [0, 0.1) is 0 Å². The number of hydrogen-bond donors (Lipinski definition) is 0. The van der Waals surface area contributed by atoms with Crippen LogP contribution in [-0.2, 0) is 6.54 Å². The highest BCUT2D eigenvalue weighted by Gasteiger charge is 2.15. The van der Waals surface area contributed by atoms with Crippen molar-refractivity contribution in [2.45, 2.75) is 33.2 Å². The van der Waals surface area contributed by atoms with Gasteiger partial charge in [0.25, 0.3) is 0 Å². The Morgan fingerprint density at radius 3 is 2.50 bits per heavy atom. The van der Waals surface area contributed by atoms with E-state index < -0.39 is 0 Å². The SMILES string of the molecule is CCn1ncnc1C(=O)c1ccc(C(C)C)cc1. The minimum absolute atomic E-state index is 0.0790. The standard InChI is InChI=1S/C14H17N3O/c1-4-17-14(15-9-16-17)13(18)12-7-5-11(6-8-12)10(2)3/h5-10H,4H2,1-3H3. The number of benzene rings is 1. The maximum Gasteiger partial charge on any atom is 0.229 e. The van der Waals surface area contributed by atoms with Gasteiger partial charge in [-0.25, -0.2) is 9.67 Å². The summed E-state index contributed by atoms with van der Waals surface area (Å²) in [5.41, 5.74) is 1.88. The lowest BCUT2D eigenvalue weighted by molar-refractivity contribution is 0.102. The molecule has 2 aromatic rings. The number of carbonyl (C=O) groups excluding carboxylic acids is 1. The van der Waals surface area contributed by atoms with E-state index in [-0.39, 0.29) is 5.78 Å². The fraction of sp³-hybridized carbons (Fsp3) is 0.357. The van der Waals surface area contributed by atoms with E-state index >= 15 is 0 Å². The van der Waals surface area contributed by atoms with E-state index in [1.54, 1.807) is 4.68 Å². The van der Waals surface area contributed by atoms with Crippen LogP contribution >= 0.6 is 0 Å². The van der Waals surface area contributed by atoms with Gasteiger partial charge in [-0.3, -0.25) is 4.79 Å². The molecule has 0 bridgehead atoms. The maximum atomic E-state index is 12.2. The Morgan fingerprint density at radius 2 is 1.94 bits per heavy atom. The highest BCUT2D eigenvalue weighted by molar-refractivity contribution is 6.06. The topological polar surface area (TPSA) is 47.8 Å². The van der Waals surface area contributed by atoms with Gasteiger partial charge in [0.1, 0.15) is 6.33 Å². The second-order valence-electron chi connectivity index (χ2n) is 4.51. The Balaban J connectivity index is 2.29. The summed E-state index contributed by atoms with van der Waals surface area (Å²) in [5, 5.41) is 4.01. The van der Waals surface area contributed by atoms with E-state index in [2.05, 4.69) is 23.9 Å². The Morgan fingerprint density at radius 1 is 1.28 bits per heavy atom. The second kappa shape index (κ2) is 5.12. The zero-order valence-corrected chi connectivity index (χ0v) is 10.9. The Hall–Kier alpha value is -1.97. The third-order valence-corrected chi connectivity index (χ3v) is 2.96. The first-order chi connectivity index (χ1) is 8.63. The molecule has 0 saturated carbocycles. The van der Waals surface area contributed by atoms with Gasteiger partial charge in [-0.1, -0.05) is 38.1 Å². The molecule has 0 aliphatic rings. The number of nitrogens with zero attached hydrogens (tertiary/aromatic N) is 3. The summed E-state index contributed by atoms with van der Waals surface area (Å²) in [6, 6.07) is 7.69. The van der Waals surface area contributed by atoms with Crippen molar-refractivity contribution in [3.63, 3.8) is 0 Å². The van der Waals surface area contributed by atoms with Crippen molar-refractivity contribution in [3.8, 4) is 0 Å². The smallest absolute Gasteiger partial charge is 0.229 e. The molecular formula is C14H17N3O. The fourth-order valence-electron chi connectivity index (χ4n) is 1.82. The number of aryl methyl sites for hydroxylation is 1. The van der Waals surface area contributed by atoms with E-state index in [1.165, 1.54) is 11.9 Å². The van der Waals surface area contributed by atoms with Crippen LogP contribution in [0.3, 0.4) is 0 Å². The highest BCUT2D eigenvalue weighted by Crippen LogP contribution is 2.16. The molecule has 0 unspecified atom stereocenters. The minimum Gasteiger partial charge on any atom is -0.285 e. The van der Waals surface area contributed by atoms with Crippen LogP contribution in [0.2, 0.25) is 0 Å². The monoisotopic (exact) mass is 243 g/mol. The summed E-state index contributed by atoms with van der Waals surface area (Å²) in [5.74, 6) is 0.785. The molecule has 2 rings (SSSR count). The molecule has 0 amide bonds. The molecule has 0 fully saturated rings. The van der Waals surface area contributed by atoms with Crippen LogP contribution in [0.4, 0.5) is 0 Å². The van der Waals surface area contributed by atoms with Gasteiger partial charge in [0, 0.05) is 12.1 Å². The summed E-state index contributed by atoms with van der Waals surface area (Å²) in [6.07, 6.45) is 1.42. The molecule has 0 N–H and O–H groups in total. The zero-order chi connectivity index (χ0) is 13.1. The van der Waals surface area contributed by atoms with Gasteiger partial charge in [-0.15, -0.1) is 0 Å². The molecule has 94 valence electrons. The van der Waals surface area contributed by atoms with Gasteiger partial charge in [0.15, 0.2) is 5.82 Å². The van der Waals surface area contributed by atoms with Gasteiger partial charge in [0.05, 0.1) is 0 Å². The maximum absolute atomic E-state index is 12.2. The van der Waals surface area contributed by atoms with Crippen molar-refractivity contribution in [1.82, 2.24) is 14.8 Å². The van der Waals surface area contributed by atoms with Crippen LogP contribution in [0.25, 0.3) is 0 Å². The van der Waals surface area contributed by atoms with Crippen LogP contribution in [0.15, 0.2) is 30.6 Å². The van der Waals surface area contributed by atoms with Gasteiger partial charge in [0.2, 0.25) is 5.78 Å². The van der Waals surface area contributed by atoms with Crippen molar-refractivity contribution in [3.05, 3.63) is 47.5 Å². The first-order valence-electron chi connectivity index (χ1n) is 6.16. The Kier molecular flexibility index (Phi) is 3.55. The fourth-order valence-corrected chi connectivity index (χ4v) is 1.82. The molecule has 0 saturated heterocycles. The zero-order valence-electron chi connectivity index (χ0n) is 10.9. The number of aromatic nitrogens is 3. The lowest BCUT2D eigenvalue weighted by Crippen LogP contribution is -2.12. The Labute approximate surface area is 107 Å². The molecule has 1 aromatic carbocycles. The normalized spacial score (nSPS) is 10.9. The minimum atomic E-state index is -0.0790. The lowest BCUT2D eigenvalue weighted by atomic mass is 10.0. The quantitative estimate of drug-likeness (QED) is 0.776. The summed E-state index contributed by atoms with van der Waals surface area (Å²) >= 11 is 0.